The molecule has 0 atom stereocenters. The molecule has 1 heteroatoms. The Balaban J connectivity index is 2.27. The Kier molecular flexibility index (Phi) is 5.30. The average molecular weight is 226 g/mol. The summed E-state index contributed by atoms with van der Waals surface area (Å²) in [6, 6.07) is 0. The van der Waals surface area contributed by atoms with E-state index in [1.165, 1.54) is 25.7 Å². The molecule has 1 saturated carbocycles. The zero-order valence-electron chi connectivity index (χ0n) is 11.6. The maximum atomic E-state index is 10.5. The lowest BCUT2D eigenvalue weighted by molar-refractivity contribution is -0.0242. The van der Waals surface area contributed by atoms with Crippen molar-refractivity contribution in [2.24, 2.45) is 17.8 Å². The third-order valence-corrected chi connectivity index (χ3v) is 4.33. The molecule has 0 spiro atoms. The van der Waals surface area contributed by atoms with Crippen LogP contribution in [-0.2, 0) is 0 Å². The van der Waals surface area contributed by atoms with Crippen molar-refractivity contribution in [1.29, 1.82) is 0 Å². The van der Waals surface area contributed by atoms with E-state index in [0.29, 0.717) is 0 Å². The minimum absolute atomic E-state index is 0.319. The van der Waals surface area contributed by atoms with Crippen LogP contribution in [0, 0.1) is 17.8 Å². The summed E-state index contributed by atoms with van der Waals surface area (Å²) in [6.45, 7) is 9.15. The maximum absolute atomic E-state index is 10.5. The average Bonchev–Trinajstić information content (AvgIpc) is 2.17. The van der Waals surface area contributed by atoms with Crippen molar-refractivity contribution in [3.8, 4) is 0 Å². The molecule has 1 aliphatic rings. The van der Waals surface area contributed by atoms with Gasteiger partial charge in [0.2, 0.25) is 0 Å². The Hall–Kier alpha value is -0.0400. The lowest BCUT2D eigenvalue weighted by Gasteiger charge is -2.37. The van der Waals surface area contributed by atoms with Gasteiger partial charge in [-0.25, -0.2) is 0 Å². The zero-order chi connectivity index (χ0) is 12.2. The van der Waals surface area contributed by atoms with Crippen molar-refractivity contribution in [3.63, 3.8) is 0 Å². The van der Waals surface area contributed by atoms with E-state index in [-0.39, 0.29) is 5.60 Å². The maximum Gasteiger partial charge on any atom is 0.0648 e. The molecule has 0 bridgehead atoms. The molecule has 0 heterocycles. The van der Waals surface area contributed by atoms with E-state index < -0.39 is 0 Å². The van der Waals surface area contributed by atoms with Gasteiger partial charge in [-0.15, -0.1) is 0 Å². The molecule has 1 nitrogen and oxygen atoms in total. The van der Waals surface area contributed by atoms with E-state index in [9.17, 15) is 5.11 Å². The first-order chi connectivity index (χ1) is 7.43. The molecule has 0 saturated heterocycles. The highest BCUT2D eigenvalue weighted by molar-refractivity contribution is 4.86. The Morgan fingerprint density at radius 3 is 2.12 bits per heavy atom. The standard InChI is InChI=1S/C15H30O/c1-12(2)6-5-9-15(16)10-7-14(8-11-15)13(3)4/h12-14,16H,5-11H2,1-4H3. The Labute approximate surface area is 102 Å². The number of aliphatic hydroxyl groups is 1. The summed E-state index contributed by atoms with van der Waals surface area (Å²) in [5, 5.41) is 10.5. The predicted octanol–water partition coefficient (Wildman–Crippen LogP) is 4.39. The van der Waals surface area contributed by atoms with Crippen LogP contribution < -0.4 is 0 Å². The normalized spacial score (nSPS) is 31.3. The van der Waals surface area contributed by atoms with Gasteiger partial charge in [-0.2, -0.15) is 0 Å². The molecule has 16 heavy (non-hydrogen) atoms. The van der Waals surface area contributed by atoms with Gasteiger partial charge in [0.15, 0.2) is 0 Å². The van der Waals surface area contributed by atoms with Gasteiger partial charge in [0.1, 0.15) is 0 Å². The van der Waals surface area contributed by atoms with Gasteiger partial charge in [-0.3, -0.25) is 0 Å². The van der Waals surface area contributed by atoms with Gasteiger partial charge >= 0.3 is 0 Å². The molecule has 1 rings (SSSR count). The summed E-state index contributed by atoms with van der Waals surface area (Å²) in [4.78, 5) is 0. The molecular formula is C15H30O. The minimum Gasteiger partial charge on any atom is -0.390 e. The van der Waals surface area contributed by atoms with Gasteiger partial charge < -0.3 is 5.11 Å². The van der Waals surface area contributed by atoms with Crippen LogP contribution in [0.2, 0.25) is 0 Å². The van der Waals surface area contributed by atoms with Crippen molar-refractivity contribution in [2.75, 3.05) is 0 Å². The third-order valence-electron chi connectivity index (χ3n) is 4.33. The van der Waals surface area contributed by atoms with Crippen LogP contribution in [-0.4, -0.2) is 10.7 Å². The van der Waals surface area contributed by atoms with Crippen LogP contribution in [0.5, 0.6) is 0 Å². The van der Waals surface area contributed by atoms with Crippen LogP contribution in [0.4, 0.5) is 0 Å². The summed E-state index contributed by atoms with van der Waals surface area (Å²) in [5.74, 6) is 2.42. The molecule has 1 N–H and O–H groups in total. The third kappa shape index (κ3) is 4.45. The second kappa shape index (κ2) is 6.05. The zero-order valence-corrected chi connectivity index (χ0v) is 11.6. The number of rotatable bonds is 5. The summed E-state index contributed by atoms with van der Waals surface area (Å²) >= 11 is 0. The monoisotopic (exact) mass is 226 g/mol. The van der Waals surface area contributed by atoms with Gasteiger partial charge in [0, 0.05) is 0 Å². The number of hydrogen-bond acceptors (Lipinski definition) is 1. The van der Waals surface area contributed by atoms with Crippen LogP contribution in [0.3, 0.4) is 0 Å². The molecule has 0 aromatic heterocycles. The lowest BCUT2D eigenvalue weighted by atomic mass is 9.73. The van der Waals surface area contributed by atoms with Crippen LogP contribution in [0.1, 0.15) is 72.6 Å². The molecule has 0 amide bonds. The molecule has 1 fully saturated rings. The SMILES string of the molecule is CC(C)CCCC1(O)CCC(C(C)C)CC1. The van der Waals surface area contributed by atoms with E-state index in [1.54, 1.807) is 0 Å². The van der Waals surface area contributed by atoms with E-state index in [4.69, 9.17) is 0 Å². The first-order valence-electron chi connectivity index (χ1n) is 7.15. The van der Waals surface area contributed by atoms with E-state index in [0.717, 1.165) is 37.0 Å². The Bertz CT molecular complexity index is 182. The fraction of sp³-hybridized carbons (Fsp3) is 1.00. The fourth-order valence-corrected chi connectivity index (χ4v) is 2.93. The van der Waals surface area contributed by atoms with Crippen molar-refractivity contribution >= 4 is 0 Å². The first-order valence-corrected chi connectivity index (χ1v) is 7.15. The van der Waals surface area contributed by atoms with Crippen molar-refractivity contribution in [1.82, 2.24) is 0 Å². The summed E-state index contributed by atoms with van der Waals surface area (Å²) in [5.41, 5.74) is -0.319. The molecule has 1 aliphatic carbocycles. The molecule has 96 valence electrons. The van der Waals surface area contributed by atoms with E-state index in [2.05, 4.69) is 27.7 Å². The predicted molar refractivity (Wildman–Crippen MR) is 70.4 cm³/mol. The van der Waals surface area contributed by atoms with E-state index >= 15 is 0 Å². The van der Waals surface area contributed by atoms with Crippen LogP contribution >= 0.6 is 0 Å². The number of hydrogen-bond donors (Lipinski definition) is 1. The first kappa shape index (κ1) is 14.0. The van der Waals surface area contributed by atoms with Gasteiger partial charge in [0.25, 0.3) is 0 Å². The lowest BCUT2D eigenvalue weighted by Crippen LogP contribution is -2.35. The largest absolute Gasteiger partial charge is 0.390 e. The van der Waals surface area contributed by atoms with Crippen molar-refractivity contribution < 1.29 is 5.11 Å². The van der Waals surface area contributed by atoms with Crippen molar-refractivity contribution in [3.05, 3.63) is 0 Å². The highest BCUT2D eigenvalue weighted by atomic mass is 16.3. The van der Waals surface area contributed by atoms with Crippen molar-refractivity contribution in [2.45, 2.75) is 78.2 Å². The second-order valence-electron chi connectivity index (χ2n) is 6.59. The van der Waals surface area contributed by atoms with Crippen LogP contribution in [0.25, 0.3) is 0 Å². The summed E-state index contributed by atoms with van der Waals surface area (Å²) < 4.78 is 0. The second-order valence-corrected chi connectivity index (χ2v) is 6.59. The van der Waals surface area contributed by atoms with E-state index in [1.807, 2.05) is 0 Å². The van der Waals surface area contributed by atoms with Gasteiger partial charge in [0.05, 0.1) is 5.60 Å². The summed E-state index contributed by atoms with van der Waals surface area (Å²) in [6.07, 6.45) is 8.01. The topological polar surface area (TPSA) is 20.2 Å². The molecule has 0 radical (unpaired) electrons. The molecular weight excluding hydrogens is 196 g/mol. The quantitative estimate of drug-likeness (QED) is 0.737. The highest BCUT2D eigenvalue weighted by Gasteiger charge is 2.33. The Morgan fingerprint density at radius 1 is 1.12 bits per heavy atom. The summed E-state index contributed by atoms with van der Waals surface area (Å²) in [7, 11) is 0. The van der Waals surface area contributed by atoms with Gasteiger partial charge in [-0.1, -0.05) is 40.5 Å². The fourth-order valence-electron chi connectivity index (χ4n) is 2.93. The smallest absolute Gasteiger partial charge is 0.0648 e. The molecule has 0 unspecified atom stereocenters. The Morgan fingerprint density at radius 2 is 1.69 bits per heavy atom. The van der Waals surface area contributed by atoms with Gasteiger partial charge in [-0.05, 0) is 49.9 Å². The minimum atomic E-state index is -0.319. The molecule has 0 aliphatic heterocycles. The van der Waals surface area contributed by atoms with Crippen LogP contribution in [0.15, 0.2) is 0 Å². The molecule has 0 aromatic carbocycles. The highest BCUT2D eigenvalue weighted by Crippen LogP contribution is 2.38. The molecule has 0 aromatic rings.